The maximum absolute atomic E-state index is 11.8. The van der Waals surface area contributed by atoms with Crippen LogP contribution in [0, 0.1) is 6.92 Å². The molecule has 0 radical (unpaired) electrons. The number of benzene rings is 2. The second kappa shape index (κ2) is 8.20. The van der Waals surface area contributed by atoms with E-state index in [1.807, 2.05) is 25.1 Å². The molecule has 0 saturated heterocycles. The molecule has 2 amide bonds. The summed E-state index contributed by atoms with van der Waals surface area (Å²) in [5.41, 5.74) is 3.98. The number of nitrogens with one attached hydrogen (secondary N) is 3. The third-order valence-corrected chi connectivity index (χ3v) is 4.72. The van der Waals surface area contributed by atoms with Crippen LogP contribution in [0.3, 0.4) is 0 Å². The number of amides is 2. The van der Waals surface area contributed by atoms with Crippen LogP contribution in [0.4, 0.5) is 17.3 Å². The normalized spacial score (nSPS) is 12.5. The van der Waals surface area contributed by atoms with Gasteiger partial charge in [0.05, 0.1) is 0 Å². The molecular formula is C22H21N5O3. The Morgan fingerprint density at radius 1 is 1.17 bits per heavy atom. The number of hydrogen-bond donors (Lipinski definition) is 3. The van der Waals surface area contributed by atoms with Crippen molar-refractivity contribution in [2.45, 2.75) is 19.8 Å². The molecule has 0 atom stereocenters. The lowest BCUT2D eigenvalue weighted by atomic mass is 10.0. The molecular weight excluding hydrogens is 382 g/mol. The molecule has 0 spiro atoms. The molecule has 2 heterocycles. The van der Waals surface area contributed by atoms with Gasteiger partial charge in [-0.05, 0) is 55.3 Å². The van der Waals surface area contributed by atoms with E-state index in [2.05, 4.69) is 25.9 Å². The average Bonchev–Trinajstić information content (AvgIpc) is 2.76. The molecule has 0 unspecified atom stereocenters. The molecule has 8 heteroatoms. The second-order valence-corrected chi connectivity index (χ2v) is 6.94. The molecule has 0 saturated carbocycles. The zero-order chi connectivity index (χ0) is 21.1. The third kappa shape index (κ3) is 4.22. The molecule has 1 aliphatic rings. The maximum atomic E-state index is 11.8. The van der Waals surface area contributed by atoms with Crippen molar-refractivity contribution in [1.82, 2.24) is 15.3 Å². The number of aryl methyl sites for hydroxylation is 2. The summed E-state index contributed by atoms with van der Waals surface area (Å²) >= 11 is 0. The van der Waals surface area contributed by atoms with E-state index in [-0.39, 0.29) is 11.8 Å². The van der Waals surface area contributed by atoms with Crippen molar-refractivity contribution in [2.75, 3.05) is 17.7 Å². The number of nitrogens with zero attached hydrogens (tertiary/aromatic N) is 2. The summed E-state index contributed by atoms with van der Waals surface area (Å²) in [5, 5.41) is 8.63. The smallest absolute Gasteiger partial charge is 0.251 e. The first-order valence-corrected chi connectivity index (χ1v) is 9.55. The number of hydrogen-bond acceptors (Lipinski definition) is 6. The van der Waals surface area contributed by atoms with Crippen molar-refractivity contribution in [2.24, 2.45) is 0 Å². The first kappa shape index (κ1) is 19.4. The Hall–Kier alpha value is -3.94. The Bertz CT molecular complexity index is 1130. The summed E-state index contributed by atoms with van der Waals surface area (Å²) in [5.74, 6) is 1.14. The summed E-state index contributed by atoms with van der Waals surface area (Å²) in [7, 11) is 1.58. The number of ether oxygens (including phenoxy) is 1. The fraction of sp³-hybridized carbons (Fsp3) is 0.182. The molecule has 1 aliphatic heterocycles. The highest BCUT2D eigenvalue weighted by Gasteiger charge is 2.15. The van der Waals surface area contributed by atoms with Crippen LogP contribution in [0.1, 0.15) is 27.9 Å². The number of carbonyl (C=O) groups is 2. The van der Waals surface area contributed by atoms with Gasteiger partial charge in [0, 0.05) is 42.2 Å². The highest BCUT2D eigenvalue weighted by atomic mass is 16.5. The van der Waals surface area contributed by atoms with Crippen LogP contribution >= 0.6 is 0 Å². The lowest BCUT2D eigenvalue weighted by Gasteiger charge is -2.18. The predicted octanol–water partition coefficient (Wildman–Crippen LogP) is 3.57. The van der Waals surface area contributed by atoms with Crippen LogP contribution in [0.15, 0.2) is 48.7 Å². The van der Waals surface area contributed by atoms with Crippen LogP contribution in [0.5, 0.6) is 11.6 Å². The second-order valence-electron chi connectivity index (χ2n) is 6.94. The van der Waals surface area contributed by atoms with E-state index in [0.29, 0.717) is 36.0 Å². The van der Waals surface area contributed by atoms with Crippen molar-refractivity contribution < 1.29 is 14.3 Å². The molecule has 152 valence electrons. The lowest BCUT2D eigenvalue weighted by molar-refractivity contribution is -0.116. The summed E-state index contributed by atoms with van der Waals surface area (Å²) in [4.78, 5) is 32.1. The van der Waals surface area contributed by atoms with Crippen molar-refractivity contribution in [1.29, 1.82) is 0 Å². The van der Waals surface area contributed by atoms with E-state index in [0.717, 1.165) is 22.5 Å². The molecule has 1 aromatic heterocycles. The maximum Gasteiger partial charge on any atom is 0.251 e. The van der Waals surface area contributed by atoms with Gasteiger partial charge in [0.2, 0.25) is 17.7 Å². The zero-order valence-corrected chi connectivity index (χ0v) is 16.7. The predicted molar refractivity (Wildman–Crippen MR) is 113 cm³/mol. The van der Waals surface area contributed by atoms with E-state index in [4.69, 9.17) is 4.74 Å². The number of carbonyl (C=O) groups excluding carboxylic acids is 2. The monoisotopic (exact) mass is 403 g/mol. The van der Waals surface area contributed by atoms with Gasteiger partial charge in [-0.15, -0.1) is 0 Å². The Kier molecular flexibility index (Phi) is 5.30. The van der Waals surface area contributed by atoms with Crippen LogP contribution < -0.4 is 20.7 Å². The van der Waals surface area contributed by atoms with Gasteiger partial charge in [0.15, 0.2) is 0 Å². The minimum Gasteiger partial charge on any atom is -0.439 e. The fourth-order valence-electron chi connectivity index (χ4n) is 3.14. The molecule has 0 bridgehead atoms. The van der Waals surface area contributed by atoms with E-state index in [1.54, 1.807) is 37.5 Å². The standard InChI is InChI=1S/C22H21N5O3/c1-13-12-24-22(25-16-7-8-18-14(10-16)6-9-19(28)26-18)27-21(13)30-17-5-3-4-15(11-17)20(29)23-2/h3-5,7-8,10-12H,6,9H2,1-2H3,(H,23,29)(H,26,28)(H,24,25,27). The number of anilines is 3. The highest BCUT2D eigenvalue weighted by molar-refractivity contribution is 5.94. The number of aromatic nitrogens is 2. The van der Waals surface area contributed by atoms with Gasteiger partial charge < -0.3 is 20.7 Å². The minimum atomic E-state index is -0.189. The van der Waals surface area contributed by atoms with Gasteiger partial charge in [0.1, 0.15) is 5.75 Å². The SMILES string of the molecule is CNC(=O)c1cccc(Oc2nc(Nc3ccc4c(c3)CCC(=O)N4)ncc2C)c1. The van der Waals surface area contributed by atoms with Gasteiger partial charge in [-0.1, -0.05) is 6.07 Å². The Balaban J connectivity index is 1.54. The van der Waals surface area contributed by atoms with E-state index < -0.39 is 0 Å². The van der Waals surface area contributed by atoms with Crippen molar-refractivity contribution >= 4 is 29.1 Å². The Morgan fingerprint density at radius 2 is 2.03 bits per heavy atom. The highest BCUT2D eigenvalue weighted by Crippen LogP contribution is 2.28. The minimum absolute atomic E-state index is 0.0346. The van der Waals surface area contributed by atoms with E-state index in [9.17, 15) is 9.59 Å². The summed E-state index contributed by atoms with van der Waals surface area (Å²) in [6.07, 6.45) is 2.85. The van der Waals surface area contributed by atoms with Crippen LogP contribution in [-0.2, 0) is 11.2 Å². The lowest BCUT2D eigenvalue weighted by Crippen LogP contribution is -2.18. The van der Waals surface area contributed by atoms with E-state index in [1.165, 1.54) is 0 Å². The molecule has 2 aromatic carbocycles. The fourth-order valence-corrected chi connectivity index (χ4v) is 3.14. The molecule has 4 rings (SSSR count). The van der Waals surface area contributed by atoms with Gasteiger partial charge in [0.25, 0.3) is 5.91 Å². The first-order valence-electron chi connectivity index (χ1n) is 9.55. The first-order chi connectivity index (χ1) is 14.5. The summed E-state index contributed by atoms with van der Waals surface area (Å²) < 4.78 is 5.91. The van der Waals surface area contributed by atoms with Crippen molar-refractivity contribution in [3.63, 3.8) is 0 Å². The average molecular weight is 403 g/mol. The molecule has 30 heavy (non-hydrogen) atoms. The quantitative estimate of drug-likeness (QED) is 0.602. The van der Waals surface area contributed by atoms with Gasteiger partial charge >= 0.3 is 0 Å². The number of fused-ring (bicyclic) bond motifs is 1. The van der Waals surface area contributed by atoms with Crippen LogP contribution in [0.2, 0.25) is 0 Å². The van der Waals surface area contributed by atoms with Crippen LogP contribution in [0.25, 0.3) is 0 Å². The summed E-state index contributed by atoms with van der Waals surface area (Å²) in [6, 6.07) is 12.6. The molecule has 3 aromatic rings. The van der Waals surface area contributed by atoms with Crippen LogP contribution in [-0.4, -0.2) is 28.8 Å². The zero-order valence-electron chi connectivity index (χ0n) is 16.7. The largest absolute Gasteiger partial charge is 0.439 e. The molecule has 8 nitrogen and oxygen atoms in total. The Morgan fingerprint density at radius 3 is 2.87 bits per heavy atom. The molecule has 3 N–H and O–H groups in total. The topological polar surface area (TPSA) is 105 Å². The van der Waals surface area contributed by atoms with E-state index >= 15 is 0 Å². The third-order valence-electron chi connectivity index (χ3n) is 4.72. The van der Waals surface area contributed by atoms with Gasteiger partial charge in [-0.25, -0.2) is 4.98 Å². The molecule has 0 fully saturated rings. The van der Waals surface area contributed by atoms with Gasteiger partial charge in [-0.2, -0.15) is 4.98 Å². The summed E-state index contributed by atoms with van der Waals surface area (Å²) in [6.45, 7) is 1.85. The van der Waals surface area contributed by atoms with Gasteiger partial charge in [-0.3, -0.25) is 9.59 Å². The van der Waals surface area contributed by atoms with Crippen molar-refractivity contribution in [3.05, 3.63) is 65.4 Å². The van der Waals surface area contributed by atoms with Crippen molar-refractivity contribution in [3.8, 4) is 11.6 Å². The molecule has 0 aliphatic carbocycles. The number of rotatable bonds is 5. The Labute approximate surface area is 173 Å².